The average Bonchev–Trinajstić information content (AvgIpc) is 2.29. The zero-order chi connectivity index (χ0) is 13.3. The summed E-state index contributed by atoms with van der Waals surface area (Å²) in [6.45, 7) is 7.75. The average molecular weight is 282 g/mol. The van der Waals surface area contributed by atoms with Crippen LogP contribution in [0.3, 0.4) is 0 Å². The number of carbonyl (C=O) groups is 1. The first kappa shape index (κ1) is 16.7. The smallest absolute Gasteiger partial charge is 0.357 e. The molecular weight excluding hydrogens is 263 g/mol. The summed E-state index contributed by atoms with van der Waals surface area (Å²) in [6, 6.07) is 0. The third kappa shape index (κ3) is 6.27. The largest absolute Gasteiger partial charge is 0.468 e. The van der Waals surface area contributed by atoms with Crippen molar-refractivity contribution >= 4 is 25.3 Å². The molecule has 0 aromatic rings. The van der Waals surface area contributed by atoms with Crippen LogP contribution < -0.4 is 0 Å². The Balaban J connectivity index is 4.24. The molecule has 0 aromatic heterocycles. The van der Waals surface area contributed by atoms with Crippen LogP contribution >= 0.6 is 19.4 Å². The lowest BCUT2D eigenvalue weighted by Gasteiger charge is -2.18. The molecule has 0 heterocycles. The third-order valence-corrected chi connectivity index (χ3v) is 5.04. The van der Waals surface area contributed by atoms with Crippen molar-refractivity contribution in [3.63, 3.8) is 0 Å². The molecule has 100 valence electrons. The molecule has 0 amide bonds. The van der Waals surface area contributed by atoms with Gasteiger partial charge in [0.2, 0.25) is 0 Å². The van der Waals surface area contributed by atoms with E-state index in [4.69, 9.17) is 9.05 Å². The van der Waals surface area contributed by atoms with Gasteiger partial charge in [-0.2, -0.15) is 0 Å². The zero-order valence-corrected chi connectivity index (χ0v) is 12.1. The first-order valence-electron chi connectivity index (χ1n) is 5.22. The highest BCUT2D eigenvalue weighted by molar-refractivity contribution is 8.00. The summed E-state index contributed by atoms with van der Waals surface area (Å²) in [7, 11) is -1.92. The Morgan fingerprint density at radius 1 is 1.24 bits per heavy atom. The van der Waals surface area contributed by atoms with E-state index in [1.54, 1.807) is 13.8 Å². The molecule has 0 rings (SSSR count). The number of hydrogen-bond acceptors (Lipinski definition) is 6. The van der Waals surface area contributed by atoms with Crippen LogP contribution in [0.25, 0.3) is 0 Å². The molecule has 0 N–H and O–H groups in total. The molecule has 5 nitrogen and oxygen atoms in total. The molecule has 0 aliphatic heterocycles. The van der Waals surface area contributed by atoms with Crippen LogP contribution in [0.2, 0.25) is 0 Å². The summed E-state index contributed by atoms with van der Waals surface area (Å²) in [6.07, 6.45) is 0. The van der Waals surface area contributed by atoms with Crippen LogP contribution in [0.4, 0.5) is 0 Å². The number of rotatable bonds is 9. The summed E-state index contributed by atoms with van der Waals surface area (Å²) in [5.41, 5.74) is 0. The van der Waals surface area contributed by atoms with E-state index in [9.17, 15) is 9.36 Å². The van der Waals surface area contributed by atoms with E-state index >= 15 is 0 Å². The predicted molar refractivity (Wildman–Crippen MR) is 69.3 cm³/mol. The standard InChI is InChI=1S/C10H19O5PS/c1-5-14-16(12,15-6-2)9(3)7-17-8-10(11)13-4/h3,5-8H2,1-2,4H3. The quantitative estimate of drug-likeness (QED) is 0.478. The highest BCUT2D eigenvalue weighted by Gasteiger charge is 2.27. The van der Waals surface area contributed by atoms with Gasteiger partial charge < -0.3 is 13.8 Å². The van der Waals surface area contributed by atoms with Gasteiger partial charge in [-0.1, -0.05) is 6.58 Å². The Labute approximate surface area is 106 Å². The van der Waals surface area contributed by atoms with Crippen molar-refractivity contribution in [2.45, 2.75) is 13.8 Å². The topological polar surface area (TPSA) is 61.8 Å². The van der Waals surface area contributed by atoms with E-state index in [2.05, 4.69) is 11.3 Å². The Morgan fingerprint density at radius 2 is 1.76 bits per heavy atom. The highest BCUT2D eigenvalue weighted by atomic mass is 32.2. The number of carbonyl (C=O) groups excluding carboxylic acids is 1. The zero-order valence-electron chi connectivity index (χ0n) is 10.4. The number of ether oxygens (including phenoxy) is 1. The maximum Gasteiger partial charge on any atom is 0.357 e. The minimum absolute atomic E-state index is 0.188. The van der Waals surface area contributed by atoms with E-state index < -0.39 is 7.60 Å². The van der Waals surface area contributed by atoms with Crippen molar-refractivity contribution in [2.75, 3.05) is 31.8 Å². The van der Waals surface area contributed by atoms with E-state index in [1.165, 1.54) is 18.9 Å². The van der Waals surface area contributed by atoms with E-state index in [0.29, 0.717) is 11.1 Å². The Bertz CT molecular complexity index is 295. The third-order valence-electron chi connectivity index (χ3n) is 1.70. The molecule has 0 aromatic carbocycles. The van der Waals surface area contributed by atoms with Gasteiger partial charge in [-0.3, -0.25) is 9.36 Å². The maximum absolute atomic E-state index is 12.2. The van der Waals surface area contributed by atoms with Crippen molar-refractivity contribution in [3.8, 4) is 0 Å². The summed E-state index contributed by atoms with van der Waals surface area (Å²) < 4.78 is 26.9. The van der Waals surface area contributed by atoms with Crippen LogP contribution in [0, 0.1) is 0 Å². The van der Waals surface area contributed by atoms with Gasteiger partial charge in [0, 0.05) is 11.1 Å². The molecule has 0 unspecified atom stereocenters. The first-order chi connectivity index (χ1) is 8.00. The number of hydrogen-bond donors (Lipinski definition) is 0. The van der Waals surface area contributed by atoms with Gasteiger partial charge in [0.1, 0.15) is 0 Å². The summed E-state index contributed by atoms with van der Waals surface area (Å²) in [4.78, 5) is 10.9. The second-order valence-corrected chi connectivity index (χ2v) is 6.10. The normalized spacial score (nSPS) is 11.2. The Hall–Kier alpha value is -0.290. The fraction of sp³-hybridized carbons (Fsp3) is 0.700. The van der Waals surface area contributed by atoms with Crippen LogP contribution in [0.15, 0.2) is 11.9 Å². The molecular formula is C10H19O5PS. The van der Waals surface area contributed by atoms with Crippen LogP contribution in [0.1, 0.15) is 13.8 Å². The minimum Gasteiger partial charge on any atom is -0.468 e. The molecule has 0 aliphatic carbocycles. The predicted octanol–water partition coefficient (Wildman–Crippen LogP) is 2.67. The summed E-state index contributed by atoms with van der Waals surface area (Å²) in [5, 5.41) is 0.370. The molecule has 17 heavy (non-hydrogen) atoms. The van der Waals surface area contributed by atoms with Gasteiger partial charge >= 0.3 is 13.6 Å². The molecule has 0 saturated carbocycles. The summed E-state index contributed by atoms with van der Waals surface area (Å²) >= 11 is 1.27. The van der Waals surface area contributed by atoms with E-state index in [0.717, 1.165) is 0 Å². The van der Waals surface area contributed by atoms with Gasteiger partial charge in [0.05, 0.1) is 26.1 Å². The lowest BCUT2D eigenvalue weighted by atomic mass is 10.7. The van der Waals surface area contributed by atoms with E-state index in [1.807, 2.05) is 0 Å². The highest BCUT2D eigenvalue weighted by Crippen LogP contribution is 2.55. The van der Waals surface area contributed by atoms with Gasteiger partial charge in [-0.15, -0.1) is 11.8 Å². The van der Waals surface area contributed by atoms with Crippen molar-refractivity contribution in [2.24, 2.45) is 0 Å². The van der Waals surface area contributed by atoms with Gasteiger partial charge in [0.15, 0.2) is 0 Å². The first-order valence-corrected chi connectivity index (χ1v) is 7.91. The molecule has 0 aliphatic rings. The molecule has 0 fully saturated rings. The molecule has 0 spiro atoms. The van der Waals surface area contributed by atoms with Crippen LogP contribution in [0.5, 0.6) is 0 Å². The molecule has 7 heteroatoms. The van der Waals surface area contributed by atoms with Crippen molar-refractivity contribution < 1.29 is 23.1 Å². The molecule has 0 radical (unpaired) electrons. The number of thioether (sulfide) groups is 1. The van der Waals surface area contributed by atoms with Crippen molar-refractivity contribution in [1.29, 1.82) is 0 Å². The van der Waals surface area contributed by atoms with Gasteiger partial charge in [-0.25, -0.2) is 0 Å². The SMILES string of the molecule is C=C(CSCC(=O)OC)P(=O)(OCC)OCC. The Morgan fingerprint density at radius 3 is 2.18 bits per heavy atom. The molecule has 0 bridgehead atoms. The van der Waals surface area contributed by atoms with E-state index in [-0.39, 0.29) is 24.9 Å². The second-order valence-electron chi connectivity index (χ2n) is 2.97. The fourth-order valence-electron chi connectivity index (χ4n) is 0.950. The minimum atomic E-state index is -3.25. The number of esters is 1. The lowest BCUT2D eigenvalue weighted by Crippen LogP contribution is -2.05. The Kier molecular flexibility index (Phi) is 8.60. The molecule has 0 atom stereocenters. The fourth-order valence-corrected chi connectivity index (χ4v) is 3.60. The van der Waals surface area contributed by atoms with Crippen molar-refractivity contribution in [3.05, 3.63) is 11.9 Å². The second kappa shape index (κ2) is 8.75. The number of methoxy groups -OCH3 is 1. The molecule has 0 saturated heterocycles. The van der Waals surface area contributed by atoms with Crippen LogP contribution in [-0.2, 0) is 23.1 Å². The lowest BCUT2D eigenvalue weighted by molar-refractivity contribution is -0.137. The monoisotopic (exact) mass is 282 g/mol. The van der Waals surface area contributed by atoms with Crippen LogP contribution in [-0.4, -0.2) is 37.8 Å². The summed E-state index contributed by atoms with van der Waals surface area (Å²) in [5.74, 6) is 0.200. The maximum atomic E-state index is 12.2. The van der Waals surface area contributed by atoms with Crippen molar-refractivity contribution in [1.82, 2.24) is 0 Å². The van der Waals surface area contributed by atoms with Gasteiger partial charge in [-0.05, 0) is 13.8 Å². The van der Waals surface area contributed by atoms with Gasteiger partial charge in [0.25, 0.3) is 0 Å².